The van der Waals surface area contributed by atoms with Crippen LogP contribution in [0.2, 0.25) is 0 Å². The molecule has 32 heavy (non-hydrogen) atoms. The summed E-state index contributed by atoms with van der Waals surface area (Å²) in [7, 11) is 1.37. The zero-order valence-electron chi connectivity index (χ0n) is 16.8. The van der Waals surface area contributed by atoms with Gasteiger partial charge >= 0.3 is 12.0 Å². The van der Waals surface area contributed by atoms with E-state index in [9.17, 15) is 18.8 Å². The number of carbonyl (C=O) groups is 3. The zero-order chi connectivity index (χ0) is 23.4. The number of carbonyl (C=O) groups excluding carboxylic acids is 2. The van der Waals surface area contributed by atoms with Crippen LogP contribution in [0, 0.1) is 11.7 Å². The van der Waals surface area contributed by atoms with Crippen LogP contribution in [0.1, 0.15) is 11.6 Å². The van der Waals surface area contributed by atoms with Crippen molar-refractivity contribution in [2.75, 3.05) is 19.0 Å². The number of amides is 3. The van der Waals surface area contributed by atoms with Gasteiger partial charge in [0.1, 0.15) is 11.7 Å². The maximum atomic E-state index is 13.2. The van der Waals surface area contributed by atoms with Crippen molar-refractivity contribution in [3.05, 3.63) is 64.5 Å². The van der Waals surface area contributed by atoms with Crippen molar-refractivity contribution in [2.45, 2.75) is 6.04 Å². The minimum absolute atomic E-state index is 0.162. The smallest absolute Gasteiger partial charge is 0.341 e. The number of nitrogens with one attached hydrogen (secondary N) is 3. The van der Waals surface area contributed by atoms with Crippen molar-refractivity contribution in [1.29, 1.82) is 0 Å². The molecule has 0 aliphatic carbocycles. The average molecular weight is 508 g/mol. The van der Waals surface area contributed by atoms with Crippen molar-refractivity contribution in [2.24, 2.45) is 5.92 Å². The summed E-state index contributed by atoms with van der Waals surface area (Å²) in [6.07, 6.45) is 0. The normalized spacial score (nSPS) is 17.7. The maximum absolute atomic E-state index is 13.2. The van der Waals surface area contributed by atoms with E-state index in [1.165, 1.54) is 43.5 Å². The molecule has 2 atom stereocenters. The molecule has 168 valence electrons. The molecule has 4 N–H and O–H groups in total. The fourth-order valence-electron chi connectivity index (χ4n) is 3.21. The summed E-state index contributed by atoms with van der Waals surface area (Å²) in [5.74, 6) is -2.66. The highest BCUT2D eigenvalue weighted by atomic mass is 79.9. The minimum atomic E-state index is -1.16. The maximum Gasteiger partial charge on any atom is 0.341 e. The van der Waals surface area contributed by atoms with E-state index in [2.05, 4.69) is 38.5 Å². The van der Waals surface area contributed by atoms with Crippen molar-refractivity contribution >= 4 is 39.5 Å². The van der Waals surface area contributed by atoms with E-state index >= 15 is 0 Å². The molecule has 2 aromatic rings. The molecule has 1 aliphatic rings. The van der Waals surface area contributed by atoms with Gasteiger partial charge in [-0.05, 0) is 42.0 Å². The highest BCUT2D eigenvalue weighted by Gasteiger charge is 2.39. The number of aliphatic carboxylic acids is 1. The van der Waals surface area contributed by atoms with Crippen LogP contribution in [0.4, 0.5) is 14.9 Å². The number of carboxylic acid groups (broad SMARTS) is 1. The van der Waals surface area contributed by atoms with Crippen LogP contribution in [-0.2, 0) is 9.59 Å². The van der Waals surface area contributed by atoms with Crippen LogP contribution < -0.4 is 25.4 Å². The Labute approximate surface area is 190 Å². The number of rotatable bonds is 7. The molecule has 0 bridgehead atoms. The third-order valence-corrected chi connectivity index (χ3v) is 5.32. The molecule has 1 saturated heterocycles. The Morgan fingerprint density at radius 1 is 1.25 bits per heavy atom. The van der Waals surface area contributed by atoms with Gasteiger partial charge < -0.3 is 30.5 Å². The Morgan fingerprint density at radius 3 is 2.56 bits per heavy atom. The number of methoxy groups -OCH3 is 1. The molecule has 0 spiro atoms. The summed E-state index contributed by atoms with van der Waals surface area (Å²) in [6, 6.07) is 6.85. The van der Waals surface area contributed by atoms with Gasteiger partial charge in [0.15, 0.2) is 18.1 Å². The van der Waals surface area contributed by atoms with Gasteiger partial charge in [-0.2, -0.15) is 0 Å². The quantitative estimate of drug-likeness (QED) is 0.455. The van der Waals surface area contributed by atoms with Gasteiger partial charge in [0.2, 0.25) is 5.91 Å². The summed E-state index contributed by atoms with van der Waals surface area (Å²) in [6.45, 7) is 3.23. The van der Waals surface area contributed by atoms with E-state index in [4.69, 9.17) is 14.6 Å². The van der Waals surface area contributed by atoms with E-state index in [1.54, 1.807) is 0 Å². The number of carboxylic acids is 1. The van der Waals surface area contributed by atoms with Crippen molar-refractivity contribution < 1.29 is 33.4 Å². The molecule has 2 aromatic carbocycles. The van der Waals surface area contributed by atoms with E-state index in [0.29, 0.717) is 15.7 Å². The first-order valence-electron chi connectivity index (χ1n) is 9.24. The molecule has 3 rings (SSSR count). The number of ether oxygens (including phenoxy) is 2. The molecular weight excluding hydrogens is 489 g/mol. The van der Waals surface area contributed by atoms with Crippen molar-refractivity contribution in [1.82, 2.24) is 10.6 Å². The van der Waals surface area contributed by atoms with Crippen LogP contribution in [0.3, 0.4) is 0 Å². The first-order chi connectivity index (χ1) is 15.2. The molecule has 0 unspecified atom stereocenters. The summed E-state index contributed by atoms with van der Waals surface area (Å²) in [5.41, 5.74) is 1.00. The molecule has 0 saturated carbocycles. The summed E-state index contributed by atoms with van der Waals surface area (Å²) in [4.78, 5) is 36.0. The van der Waals surface area contributed by atoms with Crippen LogP contribution in [0.15, 0.2) is 53.1 Å². The monoisotopic (exact) mass is 507 g/mol. The lowest BCUT2D eigenvalue weighted by Crippen LogP contribution is -2.52. The summed E-state index contributed by atoms with van der Waals surface area (Å²) < 4.78 is 24.1. The van der Waals surface area contributed by atoms with Crippen molar-refractivity contribution in [3.8, 4) is 11.5 Å². The molecule has 0 aromatic heterocycles. The lowest BCUT2D eigenvalue weighted by molar-refractivity contribution is -0.139. The predicted molar refractivity (Wildman–Crippen MR) is 116 cm³/mol. The van der Waals surface area contributed by atoms with Crippen LogP contribution in [0.5, 0.6) is 11.5 Å². The standard InChI is InChI=1S/C21H19BrFN3O6/c1-10-18(20(29)25-12-5-3-11(23)4-6-12)19(26-21(30)24-10)13-7-15(31-2)16(8-14(13)22)32-9-17(27)28/h3-8,18-19H,1,9H2,2H3,(H,25,29)(H,27,28)(H2,24,26,30)/t18-,19+/m1/s1. The first kappa shape index (κ1) is 23.1. The van der Waals surface area contributed by atoms with Gasteiger partial charge in [-0.15, -0.1) is 0 Å². The lowest BCUT2D eigenvalue weighted by Gasteiger charge is -2.34. The van der Waals surface area contributed by atoms with Crippen LogP contribution in [0.25, 0.3) is 0 Å². The molecule has 3 amide bonds. The van der Waals surface area contributed by atoms with Gasteiger partial charge in [-0.25, -0.2) is 14.0 Å². The zero-order valence-corrected chi connectivity index (χ0v) is 18.4. The fourth-order valence-corrected chi connectivity index (χ4v) is 3.78. The molecule has 0 radical (unpaired) electrons. The van der Waals surface area contributed by atoms with Gasteiger partial charge in [0.25, 0.3) is 0 Å². The Bertz CT molecular complexity index is 1080. The second kappa shape index (κ2) is 9.69. The van der Waals surface area contributed by atoms with E-state index in [0.717, 1.165) is 0 Å². The predicted octanol–water partition coefficient (Wildman–Crippen LogP) is 3.18. The summed E-state index contributed by atoms with van der Waals surface area (Å²) in [5, 5.41) is 16.7. The highest BCUT2D eigenvalue weighted by molar-refractivity contribution is 9.10. The van der Waals surface area contributed by atoms with Gasteiger partial charge in [0.05, 0.1) is 13.2 Å². The van der Waals surface area contributed by atoms with E-state index in [1.807, 2.05) is 0 Å². The van der Waals surface area contributed by atoms with E-state index in [-0.39, 0.29) is 17.2 Å². The average Bonchev–Trinajstić information content (AvgIpc) is 2.73. The number of benzene rings is 2. The second-order valence-electron chi connectivity index (χ2n) is 6.78. The third-order valence-electron chi connectivity index (χ3n) is 4.63. The number of urea groups is 1. The topological polar surface area (TPSA) is 126 Å². The lowest BCUT2D eigenvalue weighted by atomic mass is 9.88. The Hall–Kier alpha value is -3.60. The second-order valence-corrected chi connectivity index (χ2v) is 7.64. The van der Waals surface area contributed by atoms with Gasteiger partial charge in [-0.3, -0.25) is 4.79 Å². The first-order valence-corrected chi connectivity index (χ1v) is 10.0. The molecule has 1 fully saturated rings. The van der Waals surface area contributed by atoms with Crippen molar-refractivity contribution in [3.63, 3.8) is 0 Å². The van der Waals surface area contributed by atoms with Crippen LogP contribution in [-0.4, -0.2) is 36.7 Å². The molecule has 1 heterocycles. The number of hydrogen-bond acceptors (Lipinski definition) is 5. The minimum Gasteiger partial charge on any atom is -0.493 e. The molecule has 9 nitrogen and oxygen atoms in total. The van der Waals surface area contributed by atoms with Gasteiger partial charge in [0, 0.05) is 15.9 Å². The Balaban J connectivity index is 1.95. The Morgan fingerprint density at radius 2 is 1.94 bits per heavy atom. The van der Waals surface area contributed by atoms with E-state index < -0.39 is 42.3 Å². The molecular formula is C21H19BrFN3O6. The Kier molecular flexibility index (Phi) is 6.98. The molecule has 11 heteroatoms. The number of hydrogen-bond donors (Lipinski definition) is 4. The summed E-state index contributed by atoms with van der Waals surface area (Å²) >= 11 is 3.39. The largest absolute Gasteiger partial charge is 0.493 e. The molecule has 1 aliphatic heterocycles. The van der Waals surface area contributed by atoms with Gasteiger partial charge in [-0.1, -0.05) is 22.5 Å². The highest BCUT2D eigenvalue weighted by Crippen LogP contribution is 2.40. The third kappa shape index (κ3) is 5.17. The SMILES string of the molecule is C=C1NC(=O)N[C@@H](c2cc(OC)c(OCC(=O)O)cc2Br)[C@@H]1C(=O)Nc1ccc(F)cc1. The number of anilines is 1. The number of halogens is 2. The fraction of sp³-hybridized carbons (Fsp3) is 0.190. The van der Waals surface area contributed by atoms with Crippen LogP contribution >= 0.6 is 15.9 Å².